The number of nitrogens with zero attached hydrogens (tertiary/aromatic N) is 4. The molecule has 4 heterocycles. The first-order valence-electron chi connectivity index (χ1n) is 9.27. The lowest BCUT2D eigenvalue weighted by Crippen LogP contribution is -2.40. The normalized spacial score (nSPS) is 17.2. The Hall–Kier alpha value is -2.54. The molecule has 0 bridgehead atoms. The number of likely N-dealkylation sites (tertiary alicyclic amines) is 1. The van der Waals surface area contributed by atoms with E-state index in [4.69, 9.17) is 4.52 Å². The smallest absolute Gasteiger partial charge is 0.264 e. The van der Waals surface area contributed by atoms with E-state index in [2.05, 4.69) is 15.1 Å². The molecule has 1 amide bonds. The van der Waals surface area contributed by atoms with Crippen LogP contribution in [-0.2, 0) is 6.42 Å². The molecule has 0 spiro atoms. The molecular formula is C20H22N4O2S. The van der Waals surface area contributed by atoms with Crippen molar-refractivity contribution in [1.29, 1.82) is 0 Å². The summed E-state index contributed by atoms with van der Waals surface area (Å²) in [7, 11) is 0. The number of aromatic nitrogens is 3. The fourth-order valence-corrected chi connectivity index (χ4v) is 4.41. The van der Waals surface area contributed by atoms with Crippen LogP contribution < -0.4 is 0 Å². The number of aryl methyl sites for hydroxylation is 2. The van der Waals surface area contributed by atoms with Crippen molar-refractivity contribution in [2.75, 3.05) is 13.1 Å². The van der Waals surface area contributed by atoms with Crippen LogP contribution in [0.4, 0.5) is 0 Å². The van der Waals surface area contributed by atoms with Crippen molar-refractivity contribution in [2.24, 2.45) is 5.92 Å². The van der Waals surface area contributed by atoms with Gasteiger partial charge in [0.05, 0.1) is 4.88 Å². The fraction of sp³-hybridized carbons (Fsp3) is 0.400. The number of amides is 1. The second-order valence-corrected chi connectivity index (χ2v) is 7.90. The van der Waals surface area contributed by atoms with Gasteiger partial charge >= 0.3 is 0 Å². The van der Waals surface area contributed by atoms with E-state index >= 15 is 0 Å². The Labute approximate surface area is 162 Å². The number of carbonyl (C=O) groups excluding carboxylic acids is 1. The SMILES string of the molecule is Cc1ccsc1C(=O)N1CCCC(CCc2noc(-c3ccncc3)n2)C1. The summed E-state index contributed by atoms with van der Waals surface area (Å²) >= 11 is 1.54. The molecule has 1 aliphatic rings. The van der Waals surface area contributed by atoms with Crippen LogP contribution in [0, 0.1) is 12.8 Å². The van der Waals surface area contributed by atoms with E-state index in [0.29, 0.717) is 11.8 Å². The number of piperidine rings is 1. The molecule has 1 aliphatic heterocycles. The van der Waals surface area contributed by atoms with Crippen LogP contribution in [-0.4, -0.2) is 39.0 Å². The fourth-order valence-electron chi connectivity index (χ4n) is 3.52. The molecule has 27 heavy (non-hydrogen) atoms. The molecule has 3 aromatic heterocycles. The number of carbonyl (C=O) groups is 1. The van der Waals surface area contributed by atoms with E-state index in [1.807, 2.05) is 35.4 Å². The largest absolute Gasteiger partial charge is 0.338 e. The summed E-state index contributed by atoms with van der Waals surface area (Å²) in [6.07, 6.45) is 7.34. The highest BCUT2D eigenvalue weighted by molar-refractivity contribution is 7.12. The number of hydrogen-bond donors (Lipinski definition) is 0. The van der Waals surface area contributed by atoms with E-state index < -0.39 is 0 Å². The van der Waals surface area contributed by atoms with Crippen LogP contribution in [0.1, 0.15) is 40.3 Å². The Morgan fingerprint density at radius 2 is 2.19 bits per heavy atom. The van der Waals surface area contributed by atoms with Crippen LogP contribution >= 0.6 is 11.3 Å². The lowest BCUT2D eigenvalue weighted by atomic mass is 9.93. The predicted octanol–water partition coefficient (Wildman–Crippen LogP) is 3.99. The van der Waals surface area contributed by atoms with Crippen LogP contribution in [0.15, 0.2) is 40.5 Å². The molecular weight excluding hydrogens is 360 g/mol. The molecule has 0 aliphatic carbocycles. The summed E-state index contributed by atoms with van der Waals surface area (Å²) in [6, 6.07) is 5.72. The van der Waals surface area contributed by atoms with Crippen molar-refractivity contribution in [3.05, 3.63) is 52.2 Å². The minimum absolute atomic E-state index is 0.173. The van der Waals surface area contributed by atoms with Crippen molar-refractivity contribution in [3.8, 4) is 11.5 Å². The first-order chi connectivity index (χ1) is 13.2. The van der Waals surface area contributed by atoms with E-state index in [-0.39, 0.29) is 5.91 Å². The van der Waals surface area contributed by atoms with Crippen LogP contribution in [0.2, 0.25) is 0 Å². The van der Waals surface area contributed by atoms with Crippen molar-refractivity contribution < 1.29 is 9.32 Å². The van der Waals surface area contributed by atoms with Gasteiger partial charge in [-0.3, -0.25) is 9.78 Å². The molecule has 3 aromatic rings. The maximum atomic E-state index is 12.8. The zero-order chi connectivity index (χ0) is 18.6. The second kappa shape index (κ2) is 8.00. The van der Waals surface area contributed by atoms with Crippen LogP contribution in [0.25, 0.3) is 11.5 Å². The van der Waals surface area contributed by atoms with Crippen LogP contribution in [0.3, 0.4) is 0 Å². The summed E-state index contributed by atoms with van der Waals surface area (Å²) in [5.41, 5.74) is 1.95. The highest BCUT2D eigenvalue weighted by Gasteiger charge is 2.26. The van der Waals surface area contributed by atoms with Gasteiger partial charge in [0.2, 0.25) is 0 Å². The Morgan fingerprint density at radius 3 is 2.96 bits per heavy atom. The van der Waals surface area contributed by atoms with Gasteiger partial charge in [0.1, 0.15) is 0 Å². The Balaban J connectivity index is 1.34. The quantitative estimate of drug-likeness (QED) is 0.667. The summed E-state index contributed by atoms with van der Waals surface area (Å²) < 4.78 is 5.36. The predicted molar refractivity (Wildman–Crippen MR) is 104 cm³/mol. The Bertz CT molecular complexity index is 906. The minimum Gasteiger partial charge on any atom is -0.338 e. The van der Waals surface area contributed by atoms with Gasteiger partial charge in [-0.15, -0.1) is 11.3 Å². The number of hydrogen-bond acceptors (Lipinski definition) is 6. The highest BCUT2D eigenvalue weighted by atomic mass is 32.1. The van der Waals surface area contributed by atoms with Crippen molar-refractivity contribution in [3.63, 3.8) is 0 Å². The highest BCUT2D eigenvalue weighted by Crippen LogP contribution is 2.25. The van der Waals surface area contributed by atoms with Gasteiger partial charge in [-0.2, -0.15) is 4.98 Å². The van der Waals surface area contributed by atoms with E-state index in [9.17, 15) is 4.79 Å². The number of rotatable bonds is 5. The summed E-state index contributed by atoms with van der Waals surface area (Å²) in [6.45, 7) is 3.66. The third-order valence-corrected chi connectivity index (χ3v) is 6.04. The van der Waals surface area contributed by atoms with Gasteiger partial charge in [0.25, 0.3) is 11.8 Å². The monoisotopic (exact) mass is 382 g/mol. The van der Waals surface area contributed by atoms with Gasteiger partial charge in [0, 0.05) is 37.5 Å². The zero-order valence-corrected chi connectivity index (χ0v) is 16.1. The maximum absolute atomic E-state index is 12.8. The van der Waals surface area contributed by atoms with Gasteiger partial charge < -0.3 is 9.42 Å². The minimum atomic E-state index is 0.173. The summed E-state index contributed by atoms with van der Waals surface area (Å²) in [5.74, 6) is 1.90. The molecule has 140 valence electrons. The molecule has 1 saturated heterocycles. The molecule has 0 aromatic carbocycles. The molecule has 1 fully saturated rings. The zero-order valence-electron chi connectivity index (χ0n) is 15.3. The van der Waals surface area contributed by atoms with Gasteiger partial charge in [-0.1, -0.05) is 5.16 Å². The average molecular weight is 382 g/mol. The van der Waals surface area contributed by atoms with Crippen molar-refractivity contribution >= 4 is 17.2 Å². The molecule has 1 unspecified atom stereocenters. The molecule has 0 radical (unpaired) electrons. The third kappa shape index (κ3) is 4.08. The van der Waals surface area contributed by atoms with E-state index in [1.165, 1.54) is 11.3 Å². The van der Waals surface area contributed by atoms with E-state index in [0.717, 1.165) is 60.6 Å². The molecule has 6 nitrogen and oxygen atoms in total. The van der Waals surface area contributed by atoms with Crippen LogP contribution in [0.5, 0.6) is 0 Å². The van der Waals surface area contributed by atoms with Gasteiger partial charge in [-0.05, 0) is 61.2 Å². The first-order valence-corrected chi connectivity index (χ1v) is 10.1. The molecule has 7 heteroatoms. The van der Waals surface area contributed by atoms with Crippen molar-refractivity contribution in [1.82, 2.24) is 20.0 Å². The third-order valence-electron chi connectivity index (χ3n) is 5.03. The Morgan fingerprint density at radius 1 is 1.33 bits per heavy atom. The average Bonchev–Trinajstić information content (AvgIpc) is 3.36. The molecule has 4 rings (SSSR count). The standard InChI is InChI=1S/C20H22N4O2S/c1-14-8-12-27-18(14)20(25)24-11-2-3-15(13-24)4-5-17-22-19(26-23-17)16-6-9-21-10-7-16/h6-10,12,15H,2-5,11,13H2,1H3. The van der Waals surface area contributed by atoms with Crippen molar-refractivity contribution in [2.45, 2.75) is 32.6 Å². The maximum Gasteiger partial charge on any atom is 0.264 e. The molecule has 1 atom stereocenters. The van der Waals surface area contributed by atoms with Gasteiger partial charge in [0.15, 0.2) is 5.82 Å². The lowest BCUT2D eigenvalue weighted by molar-refractivity contribution is 0.0672. The lowest BCUT2D eigenvalue weighted by Gasteiger charge is -2.32. The van der Waals surface area contributed by atoms with Gasteiger partial charge in [-0.25, -0.2) is 0 Å². The second-order valence-electron chi connectivity index (χ2n) is 6.98. The van der Waals surface area contributed by atoms with E-state index in [1.54, 1.807) is 12.4 Å². The number of pyridine rings is 1. The molecule has 0 N–H and O–H groups in total. The first kappa shape index (κ1) is 17.9. The topological polar surface area (TPSA) is 72.1 Å². The molecule has 0 saturated carbocycles. The summed E-state index contributed by atoms with van der Waals surface area (Å²) in [4.78, 5) is 24.1. The Kier molecular flexibility index (Phi) is 5.29. The summed E-state index contributed by atoms with van der Waals surface area (Å²) in [5, 5.41) is 6.08. The number of thiophene rings is 1.